The number of carbonyl (C=O) groups is 1. The fourth-order valence-corrected chi connectivity index (χ4v) is 3.81. The van der Waals surface area contributed by atoms with Crippen LogP contribution in [0.25, 0.3) is 0 Å². The van der Waals surface area contributed by atoms with Crippen molar-refractivity contribution in [2.24, 2.45) is 0 Å². The number of anilines is 1. The molecule has 0 radical (unpaired) electrons. The molecule has 5 nitrogen and oxygen atoms in total. The van der Waals surface area contributed by atoms with Crippen LogP contribution in [0.5, 0.6) is 0 Å². The summed E-state index contributed by atoms with van der Waals surface area (Å²) in [5.74, 6) is 0.00688. The number of benzene rings is 1. The molecule has 1 N–H and O–H groups in total. The highest BCUT2D eigenvalue weighted by atomic mass is 16.5. The minimum absolute atomic E-state index is 0.00688. The first-order valence-corrected chi connectivity index (χ1v) is 9.31. The molecule has 1 aliphatic carbocycles. The van der Waals surface area contributed by atoms with E-state index in [9.17, 15) is 4.79 Å². The molecule has 1 amide bonds. The van der Waals surface area contributed by atoms with E-state index in [0.717, 1.165) is 43.7 Å². The van der Waals surface area contributed by atoms with Crippen LogP contribution >= 0.6 is 0 Å². The second-order valence-electron chi connectivity index (χ2n) is 7.12. The van der Waals surface area contributed by atoms with Gasteiger partial charge < -0.3 is 10.1 Å². The third kappa shape index (κ3) is 4.10. The number of fused-ring (bicyclic) bond motifs is 1. The van der Waals surface area contributed by atoms with Gasteiger partial charge in [0.2, 0.25) is 5.91 Å². The summed E-state index contributed by atoms with van der Waals surface area (Å²) in [7, 11) is 0. The van der Waals surface area contributed by atoms with Gasteiger partial charge in [-0.05, 0) is 55.2 Å². The van der Waals surface area contributed by atoms with Crippen molar-refractivity contribution in [3.05, 3.63) is 47.3 Å². The van der Waals surface area contributed by atoms with Gasteiger partial charge in [-0.25, -0.2) is 0 Å². The van der Waals surface area contributed by atoms with Crippen LogP contribution in [-0.2, 0) is 35.3 Å². The SMILES string of the molecule is O=C(Cc1ccc2c(c1)CCCC2)Nc1cnn(C[C@H]2CCCO2)c1. The zero-order valence-electron chi connectivity index (χ0n) is 14.5. The second-order valence-corrected chi connectivity index (χ2v) is 7.12. The predicted octanol–water partition coefficient (Wildman–Crippen LogP) is 3.12. The largest absolute Gasteiger partial charge is 0.376 e. The number of amides is 1. The first-order valence-electron chi connectivity index (χ1n) is 9.31. The van der Waals surface area contributed by atoms with Crippen molar-refractivity contribution < 1.29 is 9.53 Å². The van der Waals surface area contributed by atoms with Gasteiger partial charge in [0.1, 0.15) is 0 Å². The Morgan fingerprint density at radius 2 is 2.12 bits per heavy atom. The molecule has 1 fully saturated rings. The average Bonchev–Trinajstić information content (AvgIpc) is 3.27. The number of hydrogen-bond acceptors (Lipinski definition) is 3. The van der Waals surface area contributed by atoms with Gasteiger partial charge in [-0.1, -0.05) is 18.2 Å². The zero-order chi connectivity index (χ0) is 17.1. The molecular weight excluding hydrogens is 314 g/mol. The van der Waals surface area contributed by atoms with E-state index >= 15 is 0 Å². The van der Waals surface area contributed by atoms with Gasteiger partial charge in [0, 0.05) is 12.8 Å². The summed E-state index contributed by atoms with van der Waals surface area (Å²) in [6, 6.07) is 6.48. The van der Waals surface area contributed by atoms with Crippen LogP contribution < -0.4 is 5.32 Å². The highest BCUT2D eigenvalue weighted by Crippen LogP contribution is 2.22. The maximum Gasteiger partial charge on any atom is 0.228 e. The molecule has 2 heterocycles. The van der Waals surface area contributed by atoms with Crippen molar-refractivity contribution in [3.8, 4) is 0 Å². The highest BCUT2D eigenvalue weighted by Gasteiger charge is 2.17. The molecule has 0 unspecified atom stereocenters. The molecule has 0 bridgehead atoms. The summed E-state index contributed by atoms with van der Waals surface area (Å²) >= 11 is 0. The Hall–Kier alpha value is -2.14. The molecule has 1 aromatic carbocycles. The third-order valence-corrected chi connectivity index (χ3v) is 5.11. The summed E-state index contributed by atoms with van der Waals surface area (Å²) in [5.41, 5.74) is 4.71. The summed E-state index contributed by atoms with van der Waals surface area (Å²) in [4.78, 5) is 12.3. The average molecular weight is 339 g/mol. The van der Waals surface area contributed by atoms with E-state index in [1.165, 1.54) is 30.4 Å². The number of aromatic nitrogens is 2. The molecule has 1 saturated heterocycles. The Balaban J connectivity index is 1.33. The monoisotopic (exact) mass is 339 g/mol. The first-order chi connectivity index (χ1) is 12.3. The van der Waals surface area contributed by atoms with Gasteiger partial charge in [0.15, 0.2) is 0 Å². The van der Waals surface area contributed by atoms with E-state index in [2.05, 4.69) is 28.6 Å². The summed E-state index contributed by atoms with van der Waals surface area (Å²) in [6.07, 6.45) is 11.3. The van der Waals surface area contributed by atoms with Crippen molar-refractivity contribution in [1.29, 1.82) is 0 Å². The number of nitrogens with one attached hydrogen (secondary N) is 1. The molecule has 132 valence electrons. The van der Waals surface area contributed by atoms with Crippen LogP contribution in [0.4, 0.5) is 5.69 Å². The van der Waals surface area contributed by atoms with Crippen LogP contribution in [0.1, 0.15) is 42.4 Å². The lowest BCUT2D eigenvalue weighted by molar-refractivity contribution is -0.115. The van der Waals surface area contributed by atoms with Crippen molar-refractivity contribution in [1.82, 2.24) is 9.78 Å². The van der Waals surface area contributed by atoms with Gasteiger partial charge in [0.25, 0.3) is 0 Å². The van der Waals surface area contributed by atoms with E-state index in [1.54, 1.807) is 6.20 Å². The summed E-state index contributed by atoms with van der Waals surface area (Å²) in [5, 5.41) is 7.27. The molecule has 2 aliphatic rings. The maximum atomic E-state index is 12.3. The van der Waals surface area contributed by atoms with E-state index in [-0.39, 0.29) is 12.0 Å². The maximum absolute atomic E-state index is 12.3. The number of carbonyl (C=O) groups excluding carboxylic acids is 1. The summed E-state index contributed by atoms with van der Waals surface area (Å²) in [6.45, 7) is 1.59. The van der Waals surface area contributed by atoms with Crippen LogP contribution in [0.3, 0.4) is 0 Å². The van der Waals surface area contributed by atoms with E-state index in [1.807, 2.05) is 10.9 Å². The fraction of sp³-hybridized carbons (Fsp3) is 0.500. The predicted molar refractivity (Wildman–Crippen MR) is 96.6 cm³/mol. The van der Waals surface area contributed by atoms with Gasteiger partial charge in [-0.15, -0.1) is 0 Å². The molecule has 2 aromatic rings. The lowest BCUT2D eigenvalue weighted by Gasteiger charge is -2.16. The van der Waals surface area contributed by atoms with Crippen molar-refractivity contribution in [2.75, 3.05) is 11.9 Å². The first kappa shape index (κ1) is 16.3. The number of rotatable bonds is 5. The minimum Gasteiger partial charge on any atom is -0.376 e. The Kier molecular flexibility index (Phi) is 4.83. The van der Waals surface area contributed by atoms with Crippen molar-refractivity contribution >= 4 is 11.6 Å². The zero-order valence-corrected chi connectivity index (χ0v) is 14.5. The quantitative estimate of drug-likeness (QED) is 0.910. The van der Waals surface area contributed by atoms with E-state index in [0.29, 0.717) is 6.42 Å². The lowest BCUT2D eigenvalue weighted by atomic mass is 9.90. The van der Waals surface area contributed by atoms with Gasteiger partial charge in [-0.3, -0.25) is 9.48 Å². The molecule has 4 rings (SSSR count). The second kappa shape index (κ2) is 7.40. The third-order valence-electron chi connectivity index (χ3n) is 5.11. The number of hydrogen-bond donors (Lipinski definition) is 1. The smallest absolute Gasteiger partial charge is 0.228 e. The van der Waals surface area contributed by atoms with Gasteiger partial charge >= 0.3 is 0 Å². The molecule has 0 saturated carbocycles. The van der Waals surface area contributed by atoms with E-state index < -0.39 is 0 Å². The Morgan fingerprint density at radius 3 is 2.96 bits per heavy atom. The normalized spacial score (nSPS) is 19.6. The molecule has 25 heavy (non-hydrogen) atoms. The highest BCUT2D eigenvalue weighted by molar-refractivity contribution is 5.92. The Morgan fingerprint density at radius 1 is 1.24 bits per heavy atom. The summed E-state index contributed by atoms with van der Waals surface area (Å²) < 4.78 is 7.48. The molecule has 5 heteroatoms. The van der Waals surface area contributed by atoms with Crippen LogP contribution in [0, 0.1) is 0 Å². The molecule has 1 aromatic heterocycles. The van der Waals surface area contributed by atoms with Crippen LogP contribution in [-0.4, -0.2) is 28.4 Å². The number of aryl methyl sites for hydroxylation is 2. The minimum atomic E-state index is 0.00688. The van der Waals surface area contributed by atoms with Gasteiger partial charge in [-0.2, -0.15) is 5.10 Å². The number of ether oxygens (including phenoxy) is 1. The Labute approximate surface area is 148 Å². The topological polar surface area (TPSA) is 56.2 Å². The fourth-order valence-electron chi connectivity index (χ4n) is 3.81. The van der Waals surface area contributed by atoms with Crippen molar-refractivity contribution in [2.45, 2.75) is 57.6 Å². The lowest BCUT2D eigenvalue weighted by Crippen LogP contribution is -2.16. The molecular formula is C20H25N3O2. The molecule has 1 atom stereocenters. The standard InChI is InChI=1S/C20H25N3O2/c24-20(11-15-7-8-16-4-1-2-5-17(16)10-15)22-18-12-21-23(13-18)14-19-6-3-9-25-19/h7-8,10,12-13,19H,1-6,9,11,14H2,(H,22,24)/t19-/m1/s1. The number of nitrogens with zero attached hydrogens (tertiary/aromatic N) is 2. The molecule has 0 spiro atoms. The van der Waals surface area contributed by atoms with Crippen LogP contribution in [0.15, 0.2) is 30.6 Å². The van der Waals surface area contributed by atoms with Gasteiger partial charge in [0.05, 0.1) is 31.0 Å². The van der Waals surface area contributed by atoms with Crippen LogP contribution in [0.2, 0.25) is 0 Å². The Bertz CT molecular complexity index is 747. The molecule has 1 aliphatic heterocycles. The van der Waals surface area contributed by atoms with Crippen molar-refractivity contribution in [3.63, 3.8) is 0 Å². The van der Waals surface area contributed by atoms with E-state index in [4.69, 9.17) is 4.74 Å².